The number of hydrogen-bond acceptors (Lipinski definition) is 4. The smallest absolute Gasteiger partial charge is 0.292 e. The van der Waals surface area contributed by atoms with Gasteiger partial charge in [0.05, 0.1) is 4.92 Å². The maximum absolute atomic E-state index is 11.1. The molecule has 5 nitrogen and oxygen atoms in total. The first-order valence-electron chi connectivity index (χ1n) is 6.78. The highest BCUT2D eigenvalue weighted by molar-refractivity contribution is 5.64. The summed E-state index contributed by atoms with van der Waals surface area (Å²) in [5, 5.41) is 17.7. The Morgan fingerprint density at radius 2 is 1.95 bits per heavy atom. The van der Waals surface area contributed by atoms with E-state index in [2.05, 4.69) is 10.6 Å². The van der Waals surface area contributed by atoms with Crippen LogP contribution in [0.4, 0.5) is 11.4 Å². The van der Waals surface area contributed by atoms with Gasteiger partial charge in [-0.2, -0.15) is 0 Å². The Morgan fingerprint density at radius 3 is 2.58 bits per heavy atom. The number of hydrogen-bond donors (Lipinski definition) is 2. The Bertz CT molecular complexity index is 468. The van der Waals surface area contributed by atoms with Crippen molar-refractivity contribution < 1.29 is 4.92 Å². The first-order valence-corrected chi connectivity index (χ1v) is 6.78. The number of piperidine rings is 1. The zero-order valence-electron chi connectivity index (χ0n) is 11.5. The van der Waals surface area contributed by atoms with E-state index in [0.29, 0.717) is 11.6 Å². The lowest BCUT2D eigenvalue weighted by molar-refractivity contribution is -0.384. The second-order valence-electron chi connectivity index (χ2n) is 5.29. The molecule has 0 aromatic heterocycles. The second kappa shape index (κ2) is 6.02. The summed E-state index contributed by atoms with van der Waals surface area (Å²) in [4.78, 5) is 10.8. The molecule has 104 valence electrons. The van der Waals surface area contributed by atoms with Crippen molar-refractivity contribution in [2.75, 3.05) is 25.0 Å². The van der Waals surface area contributed by atoms with Crippen LogP contribution in [-0.4, -0.2) is 24.6 Å². The lowest BCUT2D eigenvalue weighted by Gasteiger charge is -2.23. The van der Waals surface area contributed by atoms with Crippen LogP contribution >= 0.6 is 0 Å². The molecule has 1 aromatic carbocycles. The van der Waals surface area contributed by atoms with Crippen molar-refractivity contribution in [2.45, 2.75) is 26.7 Å². The SMILES string of the molecule is Cc1cc(NCC2CCNCC2)c([N+](=O)[O-])cc1C. The van der Waals surface area contributed by atoms with Gasteiger partial charge in [0.2, 0.25) is 0 Å². The summed E-state index contributed by atoms with van der Waals surface area (Å²) >= 11 is 0. The van der Waals surface area contributed by atoms with Gasteiger partial charge >= 0.3 is 0 Å². The van der Waals surface area contributed by atoms with E-state index in [1.54, 1.807) is 6.07 Å². The van der Waals surface area contributed by atoms with Gasteiger partial charge < -0.3 is 10.6 Å². The van der Waals surface area contributed by atoms with Crippen LogP contribution in [0.25, 0.3) is 0 Å². The highest BCUT2D eigenvalue weighted by Crippen LogP contribution is 2.28. The molecular formula is C14H21N3O2. The predicted molar refractivity (Wildman–Crippen MR) is 76.7 cm³/mol. The maximum Gasteiger partial charge on any atom is 0.292 e. The monoisotopic (exact) mass is 263 g/mol. The molecule has 0 saturated carbocycles. The zero-order valence-corrected chi connectivity index (χ0v) is 11.5. The topological polar surface area (TPSA) is 67.2 Å². The van der Waals surface area contributed by atoms with Crippen LogP contribution in [-0.2, 0) is 0 Å². The molecule has 0 bridgehead atoms. The van der Waals surface area contributed by atoms with Gasteiger partial charge in [0.25, 0.3) is 5.69 Å². The zero-order chi connectivity index (χ0) is 13.8. The number of benzene rings is 1. The summed E-state index contributed by atoms with van der Waals surface area (Å²) < 4.78 is 0. The first-order chi connectivity index (χ1) is 9.08. The quantitative estimate of drug-likeness (QED) is 0.647. The molecule has 0 amide bonds. The van der Waals surface area contributed by atoms with Crippen LogP contribution in [0.15, 0.2) is 12.1 Å². The van der Waals surface area contributed by atoms with Gasteiger partial charge in [-0.15, -0.1) is 0 Å². The average Bonchev–Trinajstić information content (AvgIpc) is 2.40. The number of anilines is 1. The molecule has 0 aliphatic carbocycles. The molecule has 5 heteroatoms. The molecular weight excluding hydrogens is 242 g/mol. The fourth-order valence-corrected chi connectivity index (χ4v) is 2.43. The number of nitro benzene ring substituents is 1. The first kappa shape index (κ1) is 13.8. The lowest BCUT2D eigenvalue weighted by atomic mass is 9.98. The van der Waals surface area contributed by atoms with Gasteiger partial charge in [0, 0.05) is 12.6 Å². The fraction of sp³-hybridized carbons (Fsp3) is 0.571. The summed E-state index contributed by atoms with van der Waals surface area (Å²) in [6.07, 6.45) is 2.26. The van der Waals surface area contributed by atoms with Gasteiger partial charge in [-0.1, -0.05) is 0 Å². The van der Waals surface area contributed by atoms with Crippen LogP contribution in [0, 0.1) is 29.9 Å². The van der Waals surface area contributed by atoms with E-state index < -0.39 is 0 Å². The minimum atomic E-state index is -0.308. The molecule has 0 atom stereocenters. The highest BCUT2D eigenvalue weighted by atomic mass is 16.6. The van der Waals surface area contributed by atoms with E-state index >= 15 is 0 Å². The third-order valence-electron chi connectivity index (χ3n) is 3.85. The molecule has 0 radical (unpaired) electrons. The molecule has 1 aliphatic rings. The second-order valence-corrected chi connectivity index (χ2v) is 5.29. The van der Waals surface area contributed by atoms with Gasteiger partial charge in [-0.05, 0) is 62.9 Å². The van der Waals surface area contributed by atoms with Crippen molar-refractivity contribution in [2.24, 2.45) is 5.92 Å². The third-order valence-corrected chi connectivity index (χ3v) is 3.85. The van der Waals surface area contributed by atoms with E-state index in [-0.39, 0.29) is 10.6 Å². The minimum Gasteiger partial charge on any atom is -0.379 e. The van der Waals surface area contributed by atoms with E-state index in [9.17, 15) is 10.1 Å². The van der Waals surface area contributed by atoms with Crippen molar-refractivity contribution in [1.29, 1.82) is 0 Å². The standard InChI is InChI=1S/C14H21N3O2/c1-10-7-13(14(17(18)19)8-11(10)2)16-9-12-3-5-15-6-4-12/h7-8,12,15-16H,3-6,9H2,1-2H3. The Labute approximate surface area is 113 Å². The Hall–Kier alpha value is -1.62. The Morgan fingerprint density at radius 1 is 1.32 bits per heavy atom. The minimum absolute atomic E-state index is 0.178. The summed E-state index contributed by atoms with van der Waals surface area (Å²) in [6, 6.07) is 3.54. The van der Waals surface area contributed by atoms with Crippen molar-refractivity contribution in [1.82, 2.24) is 5.32 Å². The van der Waals surface area contributed by atoms with Gasteiger partial charge in [0.1, 0.15) is 5.69 Å². The van der Waals surface area contributed by atoms with Gasteiger partial charge in [-0.25, -0.2) is 0 Å². The molecule has 1 heterocycles. The fourth-order valence-electron chi connectivity index (χ4n) is 2.43. The van der Waals surface area contributed by atoms with Gasteiger partial charge in [-0.3, -0.25) is 10.1 Å². The van der Waals surface area contributed by atoms with E-state index in [1.807, 2.05) is 19.9 Å². The summed E-state index contributed by atoms with van der Waals surface area (Å²) in [7, 11) is 0. The highest BCUT2D eigenvalue weighted by Gasteiger charge is 2.18. The molecule has 1 aromatic rings. The normalized spacial score (nSPS) is 16.3. The van der Waals surface area contributed by atoms with Crippen LogP contribution < -0.4 is 10.6 Å². The molecule has 0 spiro atoms. The van der Waals surface area contributed by atoms with Crippen molar-refractivity contribution in [3.8, 4) is 0 Å². The predicted octanol–water partition coefficient (Wildman–Crippen LogP) is 2.62. The number of nitrogens with one attached hydrogen (secondary N) is 2. The summed E-state index contributed by atoms with van der Waals surface area (Å²) in [6.45, 7) is 6.78. The Kier molecular flexibility index (Phi) is 4.37. The molecule has 0 unspecified atom stereocenters. The lowest BCUT2D eigenvalue weighted by Crippen LogP contribution is -2.31. The van der Waals surface area contributed by atoms with Crippen molar-refractivity contribution in [3.63, 3.8) is 0 Å². The van der Waals surface area contributed by atoms with Crippen LogP contribution in [0.2, 0.25) is 0 Å². The molecule has 2 rings (SSSR count). The number of nitro groups is 1. The Balaban J connectivity index is 2.09. The molecule has 1 aliphatic heterocycles. The number of rotatable bonds is 4. The van der Waals surface area contributed by atoms with Crippen LogP contribution in [0.3, 0.4) is 0 Å². The third kappa shape index (κ3) is 3.44. The van der Waals surface area contributed by atoms with Crippen molar-refractivity contribution in [3.05, 3.63) is 33.4 Å². The van der Waals surface area contributed by atoms with Crippen LogP contribution in [0.1, 0.15) is 24.0 Å². The molecule has 1 saturated heterocycles. The molecule has 2 N–H and O–H groups in total. The molecule has 1 fully saturated rings. The molecule has 19 heavy (non-hydrogen) atoms. The van der Waals surface area contributed by atoms with Crippen LogP contribution in [0.5, 0.6) is 0 Å². The maximum atomic E-state index is 11.1. The van der Waals surface area contributed by atoms with E-state index in [4.69, 9.17) is 0 Å². The largest absolute Gasteiger partial charge is 0.379 e. The van der Waals surface area contributed by atoms with E-state index in [1.165, 1.54) is 0 Å². The summed E-state index contributed by atoms with van der Waals surface area (Å²) in [5.74, 6) is 0.600. The van der Waals surface area contributed by atoms with Gasteiger partial charge in [0.15, 0.2) is 0 Å². The number of aryl methyl sites for hydroxylation is 2. The van der Waals surface area contributed by atoms with E-state index in [0.717, 1.165) is 43.6 Å². The average molecular weight is 263 g/mol. The summed E-state index contributed by atoms with van der Waals surface area (Å²) in [5.41, 5.74) is 2.86. The van der Waals surface area contributed by atoms with Crippen molar-refractivity contribution >= 4 is 11.4 Å². The number of nitrogens with zero attached hydrogens (tertiary/aromatic N) is 1.